The summed E-state index contributed by atoms with van der Waals surface area (Å²) in [5, 5.41) is 14.9. The standard InChI is InChI=1S/C31H27ClN6S/c1-22-6-11-26(16-29(22)32)36-31(39)37(20-25-12-14-35-30-5-3-2-4-28(25)30)15-13-27-18-34-21-38(27)19-24-9-7-23(17-33)8-10-24/h2-12,14,16,18,21H,13,15,19-20H2,1H3,(H,36,39). The third kappa shape index (κ3) is 6.43. The molecule has 0 amide bonds. The first-order chi connectivity index (χ1) is 19.0. The molecule has 0 aliphatic carbocycles. The number of pyridine rings is 1. The molecule has 0 saturated heterocycles. The molecule has 2 aromatic heterocycles. The molecule has 2 heterocycles. The third-order valence-electron chi connectivity index (χ3n) is 6.68. The van der Waals surface area contributed by atoms with E-state index in [1.807, 2.05) is 86.3 Å². The minimum Gasteiger partial charge on any atom is -0.344 e. The number of para-hydroxylation sites is 1. The molecule has 3 aromatic carbocycles. The summed E-state index contributed by atoms with van der Waals surface area (Å²) in [4.78, 5) is 11.1. The number of hydrogen-bond donors (Lipinski definition) is 1. The van der Waals surface area contributed by atoms with Crippen LogP contribution in [0.15, 0.2) is 91.5 Å². The number of thiocarbonyl (C=S) groups is 1. The number of nitrogens with zero attached hydrogens (tertiary/aromatic N) is 5. The summed E-state index contributed by atoms with van der Waals surface area (Å²) < 4.78 is 2.14. The Balaban J connectivity index is 1.37. The van der Waals surface area contributed by atoms with Gasteiger partial charge >= 0.3 is 0 Å². The normalized spacial score (nSPS) is 10.8. The van der Waals surface area contributed by atoms with Gasteiger partial charge in [-0.15, -0.1) is 0 Å². The molecule has 5 aromatic rings. The highest BCUT2D eigenvalue weighted by molar-refractivity contribution is 7.80. The minimum atomic E-state index is 0.619. The third-order valence-corrected chi connectivity index (χ3v) is 7.45. The van der Waals surface area contributed by atoms with Crippen molar-refractivity contribution in [3.8, 4) is 6.07 Å². The van der Waals surface area contributed by atoms with E-state index in [0.717, 1.165) is 45.4 Å². The molecule has 0 atom stereocenters. The number of rotatable bonds is 8. The Morgan fingerprint density at radius 1 is 1.10 bits per heavy atom. The molecular weight excluding hydrogens is 524 g/mol. The van der Waals surface area contributed by atoms with Crippen molar-refractivity contribution in [2.75, 3.05) is 11.9 Å². The maximum atomic E-state index is 9.08. The molecule has 0 aliphatic heterocycles. The fourth-order valence-corrected chi connectivity index (χ4v) is 4.91. The average molecular weight is 551 g/mol. The lowest BCUT2D eigenvalue weighted by molar-refractivity contribution is 0.419. The van der Waals surface area contributed by atoms with Crippen molar-refractivity contribution in [2.24, 2.45) is 0 Å². The Kier molecular flexibility index (Phi) is 8.16. The van der Waals surface area contributed by atoms with Crippen molar-refractivity contribution >= 4 is 45.5 Å². The topological polar surface area (TPSA) is 69.8 Å². The van der Waals surface area contributed by atoms with Gasteiger partial charge in [-0.3, -0.25) is 4.98 Å². The highest BCUT2D eigenvalue weighted by atomic mass is 35.5. The second-order valence-electron chi connectivity index (χ2n) is 9.37. The summed E-state index contributed by atoms with van der Waals surface area (Å²) in [5.41, 5.74) is 6.85. The summed E-state index contributed by atoms with van der Waals surface area (Å²) in [5.74, 6) is 0. The molecule has 0 saturated carbocycles. The number of nitrogens with one attached hydrogen (secondary N) is 1. The van der Waals surface area contributed by atoms with Gasteiger partial charge in [0, 0.05) is 60.2 Å². The SMILES string of the molecule is Cc1ccc(NC(=S)N(CCc2cncn2Cc2ccc(C#N)cc2)Cc2ccnc3ccccc23)cc1Cl. The molecule has 1 N–H and O–H groups in total. The molecule has 0 radical (unpaired) electrons. The van der Waals surface area contributed by atoms with Gasteiger partial charge in [0.25, 0.3) is 0 Å². The van der Waals surface area contributed by atoms with E-state index >= 15 is 0 Å². The Hall–Kier alpha value is -4.25. The van der Waals surface area contributed by atoms with E-state index < -0.39 is 0 Å². The quantitative estimate of drug-likeness (QED) is 0.215. The van der Waals surface area contributed by atoms with Gasteiger partial charge in [0.15, 0.2) is 5.11 Å². The zero-order valence-electron chi connectivity index (χ0n) is 21.5. The van der Waals surface area contributed by atoms with Crippen LogP contribution in [0.2, 0.25) is 5.02 Å². The zero-order chi connectivity index (χ0) is 27.2. The summed E-state index contributed by atoms with van der Waals surface area (Å²) in [7, 11) is 0. The van der Waals surface area contributed by atoms with E-state index in [1.54, 1.807) is 0 Å². The van der Waals surface area contributed by atoms with Crippen LogP contribution in [0.4, 0.5) is 5.69 Å². The first-order valence-electron chi connectivity index (χ1n) is 12.6. The first kappa shape index (κ1) is 26.4. The van der Waals surface area contributed by atoms with Gasteiger partial charge in [-0.2, -0.15) is 5.26 Å². The van der Waals surface area contributed by atoms with Crippen LogP contribution >= 0.6 is 23.8 Å². The highest BCUT2D eigenvalue weighted by Crippen LogP contribution is 2.22. The van der Waals surface area contributed by atoms with E-state index in [9.17, 15) is 0 Å². The van der Waals surface area contributed by atoms with Crippen molar-refractivity contribution in [1.29, 1.82) is 5.26 Å². The maximum Gasteiger partial charge on any atom is 0.173 e. The van der Waals surface area contributed by atoms with E-state index in [-0.39, 0.29) is 0 Å². The van der Waals surface area contributed by atoms with E-state index in [0.29, 0.717) is 35.3 Å². The van der Waals surface area contributed by atoms with Crippen LogP contribution in [0, 0.1) is 18.3 Å². The van der Waals surface area contributed by atoms with Gasteiger partial charge < -0.3 is 14.8 Å². The fraction of sp³-hybridized carbons (Fsp3) is 0.161. The number of aryl methyl sites for hydroxylation is 1. The van der Waals surface area contributed by atoms with Gasteiger partial charge in [0.05, 0.1) is 23.5 Å². The number of halogens is 1. The number of nitriles is 1. The van der Waals surface area contributed by atoms with Crippen molar-refractivity contribution in [3.63, 3.8) is 0 Å². The molecule has 0 spiro atoms. The molecular formula is C31H27ClN6S. The van der Waals surface area contributed by atoms with Crippen LogP contribution in [0.3, 0.4) is 0 Å². The number of fused-ring (bicyclic) bond motifs is 1. The van der Waals surface area contributed by atoms with E-state index in [2.05, 4.69) is 43.0 Å². The van der Waals surface area contributed by atoms with Crippen LogP contribution in [-0.2, 0) is 19.5 Å². The van der Waals surface area contributed by atoms with Gasteiger partial charge in [0.2, 0.25) is 0 Å². The number of imidazole rings is 1. The highest BCUT2D eigenvalue weighted by Gasteiger charge is 2.15. The number of aromatic nitrogens is 3. The summed E-state index contributed by atoms with van der Waals surface area (Å²) in [6.07, 6.45) is 6.34. The molecule has 0 fully saturated rings. The molecule has 6 nitrogen and oxygen atoms in total. The molecule has 0 unspecified atom stereocenters. The average Bonchev–Trinajstić information content (AvgIpc) is 3.40. The minimum absolute atomic E-state index is 0.619. The maximum absolute atomic E-state index is 9.08. The second kappa shape index (κ2) is 12.1. The lowest BCUT2D eigenvalue weighted by Gasteiger charge is -2.27. The van der Waals surface area contributed by atoms with Gasteiger partial charge in [-0.25, -0.2) is 4.98 Å². The van der Waals surface area contributed by atoms with Gasteiger partial charge in [0.1, 0.15) is 0 Å². The summed E-state index contributed by atoms with van der Waals surface area (Å²) in [6, 6.07) is 25.9. The van der Waals surface area contributed by atoms with Gasteiger partial charge in [-0.05, 0) is 72.2 Å². The molecule has 0 bridgehead atoms. The largest absolute Gasteiger partial charge is 0.344 e. The molecule has 0 aliphatic rings. The van der Waals surface area contributed by atoms with Crippen LogP contribution < -0.4 is 5.32 Å². The van der Waals surface area contributed by atoms with Crippen molar-refractivity contribution in [2.45, 2.75) is 26.4 Å². The van der Waals surface area contributed by atoms with Crippen LogP contribution in [0.5, 0.6) is 0 Å². The Morgan fingerprint density at radius 3 is 2.72 bits per heavy atom. The monoisotopic (exact) mass is 550 g/mol. The smallest absolute Gasteiger partial charge is 0.173 e. The van der Waals surface area contributed by atoms with Crippen molar-refractivity contribution in [1.82, 2.24) is 19.4 Å². The van der Waals surface area contributed by atoms with E-state index in [1.165, 1.54) is 0 Å². The van der Waals surface area contributed by atoms with E-state index in [4.69, 9.17) is 29.1 Å². The Labute approximate surface area is 238 Å². The molecule has 5 rings (SSSR count). The van der Waals surface area contributed by atoms with Crippen LogP contribution in [0.1, 0.15) is 27.9 Å². The molecule has 39 heavy (non-hydrogen) atoms. The van der Waals surface area contributed by atoms with Crippen LogP contribution in [-0.4, -0.2) is 31.1 Å². The van der Waals surface area contributed by atoms with Crippen molar-refractivity contribution in [3.05, 3.63) is 124 Å². The van der Waals surface area contributed by atoms with Crippen LogP contribution in [0.25, 0.3) is 10.9 Å². The fourth-order valence-electron chi connectivity index (χ4n) is 4.45. The predicted octanol–water partition coefficient (Wildman–Crippen LogP) is 6.75. The number of anilines is 1. The van der Waals surface area contributed by atoms with Gasteiger partial charge in [-0.1, -0.05) is 48.0 Å². The van der Waals surface area contributed by atoms with Crippen molar-refractivity contribution < 1.29 is 0 Å². The zero-order valence-corrected chi connectivity index (χ0v) is 23.1. The predicted molar refractivity (Wildman–Crippen MR) is 161 cm³/mol. The summed E-state index contributed by atoms with van der Waals surface area (Å²) >= 11 is 12.3. The Bertz CT molecular complexity index is 1650. The molecule has 8 heteroatoms. The Morgan fingerprint density at radius 2 is 1.92 bits per heavy atom. The summed E-state index contributed by atoms with van der Waals surface area (Å²) in [6.45, 7) is 3.96. The lowest BCUT2D eigenvalue weighted by atomic mass is 10.1. The first-order valence-corrected chi connectivity index (χ1v) is 13.4. The molecule has 194 valence electrons. The number of benzene rings is 3. The number of hydrogen-bond acceptors (Lipinski definition) is 4. The lowest BCUT2D eigenvalue weighted by Crippen LogP contribution is -2.36. The second-order valence-corrected chi connectivity index (χ2v) is 10.2.